The Morgan fingerprint density at radius 2 is 1.77 bits per heavy atom. The fourth-order valence-electron chi connectivity index (χ4n) is 3.32. The van der Waals surface area contributed by atoms with Gasteiger partial charge in [0.05, 0.1) is 10.0 Å². The zero-order chi connectivity index (χ0) is 23.1. The summed E-state index contributed by atoms with van der Waals surface area (Å²) < 4.78 is 5.80. The number of nitrogens with zero attached hydrogens (tertiary/aromatic N) is 1. The van der Waals surface area contributed by atoms with E-state index in [9.17, 15) is 9.59 Å². The molecule has 2 aromatic carbocycles. The Morgan fingerprint density at radius 3 is 2.35 bits per heavy atom. The first-order valence-corrected chi connectivity index (χ1v) is 11.1. The minimum atomic E-state index is -0.632. The number of carbonyl (C=O) groups excluding carboxylic acids is 2. The zero-order valence-electron chi connectivity index (χ0n) is 18.7. The first kappa shape index (κ1) is 25.0. The minimum Gasteiger partial charge on any atom is -0.483 e. The number of rotatable bonds is 9. The fraction of sp³-hybridized carbons (Fsp3) is 0.417. The van der Waals surface area contributed by atoms with Crippen LogP contribution in [0.2, 0.25) is 10.0 Å². The summed E-state index contributed by atoms with van der Waals surface area (Å²) >= 11 is 12.2. The smallest absolute Gasteiger partial charge is 0.261 e. The van der Waals surface area contributed by atoms with Crippen LogP contribution in [0, 0.1) is 13.8 Å². The van der Waals surface area contributed by atoms with E-state index in [1.807, 2.05) is 52.8 Å². The number of aryl methyl sites for hydroxylation is 2. The van der Waals surface area contributed by atoms with Crippen molar-refractivity contribution in [3.63, 3.8) is 0 Å². The van der Waals surface area contributed by atoms with E-state index in [1.165, 1.54) is 0 Å². The molecule has 0 fully saturated rings. The Balaban J connectivity index is 2.26. The quantitative estimate of drug-likeness (QED) is 0.545. The van der Waals surface area contributed by atoms with Crippen LogP contribution in [0.3, 0.4) is 0 Å². The topological polar surface area (TPSA) is 58.6 Å². The first-order valence-electron chi connectivity index (χ1n) is 10.4. The van der Waals surface area contributed by atoms with Crippen LogP contribution in [0.15, 0.2) is 36.4 Å². The average molecular weight is 465 g/mol. The van der Waals surface area contributed by atoms with Crippen LogP contribution < -0.4 is 10.1 Å². The highest BCUT2D eigenvalue weighted by Gasteiger charge is 2.29. The highest BCUT2D eigenvalue weighted by molar-refractivity contribution is 6.42. The second-order valence-corrected chi connectivity index (χ2v) is 8.73. The minimum absolute atomic E-state index is 0.0325. The molecule has 0 aromatic heterocycles. The zero-order valence-corrected chi connectivity index (χ0v) is 20.2. The fourth-order valence-corrected chi connectivity index (χ4v) is 3.64. The van der Waals surface area contributed by atoms with Crippen molar-refractivity contribution in [3.8, 4) is 5.75 Å². The highest BCUT2D eigenvalue weighted by Crippen LogP contribution is 2.24. The van der Waals surface area contributed by atoms with Gasteiger partial charge in [-0.2, -0.15) is 0 Å². The molecule has 2 rings (SSSR count). The van der Waals surface area contributed by atoms with Crippen LogP contribution in [-0.2, 0) is 16.1 Å². The maximum Gasteiger partial charge on any atom is 0.261 e. The van der Waals surface area contributed by atoms with Crippen LogP contribution in [0.4, 0.5) is 0 Å². The molecule has 168 valence electrons. The average Bonchev–Trinajstić information content (AvgIpc) is 2.69. The van der Waals surface area contributed by atoms with Crippen molar-refractivity contribution in [2.24, 2.45) is 0 Å². The molecule has 0 saturated carbocycles. The van der Waals surface area contributed by atoms with E-state index in [1.54, 1.807) is 23.1 Å². The molecule has 5 nitrogen and oxygen atoms in total. The van der Waals surface area contributed by atoms with E-state index in [2.05, 4.69) is 5.32 Å². The van der Waals surface area contributed by atoms with Crippen molar-refractivity contribution in [3.05, 3.63) is 63.1 Å². The lowest BCUT2D eigenvalue weighted by molar-refractivity contribution is -0.143. The van der Waals surface area contributed by atoms with Gasteiger partial charge in [-0.15, -0.1) is 0 Å². The molecule has 0 bridgehead atoms. The third kappa shape index (κ3) is 7.15. The number of nitrogens with one attached hydrogen (secondary N) is 1. The molecule has 0 spiro atoms. The molecule has 0 aliphatic rings. The third-order valence-corrected chi connectivity index (χ3v) is 5.57. The van der Waals surface area contributed by atoms with Gasteiger partial charge in [0.1, 0.15) is 11.8 Å². The van der Waals surface area contributed by atoms with Crippen molar-refractivity contribution in [2.45, 2.75) is 59.7 Å². The number of halogens is 2. The molecule has 2 amide bonds. The number of hydrogen-bond donors (Lipinski definition) is 1. The van der Waals surface area contributed by atoms with Gasteiger partial charge in [0.15, 0.2) is 6.61 Å². The summed E-state index contributed by atoms with van der Waals surface area (Å²) in [5.74, 6) is 0.169. The lowest BCUT2D eigenvalue weighted by Crippen LogP contribution is -2.51. The molecule has 0 radical (unpaired) electrons. The van der Waals surface area contributed by atoms with Crippen LogP contribution in [0.25, 0.3) is 0 Å². The normalized spacial score (nSPS) is 11.9. The summed E-state index contributed by atoms with van der Waals surface area (Å²) in [7, 11) is 0. The SMILES string of the molecule is CC[C@@H](C(=O)NC(C)C)N(Cc1ccc(Cl)c(Cl)c1)C(=O)COc1ccc(C)cc1C. The molecule has 0 aliphatic heterocycles. The number of ether oxygens (including phenoxy) is 1. The standard InChI is InChI=1S/C24H30Cl2N2O3/c1-6-21(24(30)27-15(2)3)28(13-18-8-9-19(25)20(26)12-18)23(29)14-31-22-10-7-16(4)11-17(22)5/h7-12,15,21H,6,13-14H2,1-5H3,(H,27,30)/t21-/m0/s1. The summed E-state index contributed by atoms with van der Waals surface area (Å²) in [6, 6.07) is 10.3. The second kappa shape index (κ2) is 11.4. The van der Waals surface area contributed by atoms with E-state index < -0.39 is 6.04 Å². The van der Waals surface area contributed by atoms with Crippen molar-refractivity contribution < 1.29 is 14.3 Å². The van der Waals surface area contributed by atoms with E-state index in [-0.39, 0.29) is 31.0 Å². The van der Waals surface area contributed by atoms with E-state index >= 15 is 0 Å². The molecule has 0 aliphatic carbocycles. The van der Waals surface area contributed by atoms with Gasteiger partial charge in [-0.05, 0) is 63.4 Å². The van der Waals surface area contributed by atoms with Gasteiger partial charge in [-0.25, -0.2) is 0 Å². The maximum atomic E-state index is 13.2. The molecular weight excluding hydrogens is 435 g/mol. The van der Waals surface area contributed by atoms with Gasteiger partial charge in [0.2, 0.25) is 5.91 Å². The van der Waals surface area contributed by atoms with Crippen molar-refractivity contribution >= 4 is 35.0 Å². The monoisotopic (exact) mass is 464 g/mol. The summed E-state index contributed by atoms with van der Waals surface area (Å²) in [5, 5.41) is 3.74. The van der Waals surface area contributed by atoms with Crippen molar-refractivity contribution in [1.82, 2.24) is 10.2 Å². The molecule has 0 heterocycles. The van der Waals surface area contributed by atoms with Gasteiger partial charge in [-0.1, -0.05) is 53.9 Å². The van der Waals surface area contributed by atoms with Gasteiger partial charge in [0, 0.05) is 12.6 Å². The highest BCUT2D eigenvalue weighted by atomic mass is 35.5. The largest absolute Gasteiger partial charge is 0.483 e. The third-order valence-electron chi connectivity index (χ3n) is 4.84. The Labute approximate surface area is 194 Å². The number of carbonyl (C=O) groups is 2. The summed E-state index contributed by atoms with van der Waals surface area (Å²) in [5.41, 5.74) is 2.85. The number of hydrogen-bond acceptors (Lipinski definition) is 3. The summed E-state index contributed by atoms with van der Waals surface area (Å²) in [4.78, 5) is 27.6. The molecular formula is C24H30Cl2N2O3. The van der Waals surface area contributed by atoms with E-state index in [0.29, 0.717) is 22.2 Å². The van der Waals surface area contributed by atoms with Gasteiger partial charge in [-0.3, -0.25) is 9.59 Å². The predicted octanol–water partition coefficient (Wildman–Crippen LogP) is 5.32. The summed E-state index contributed by atoms with van der Waals surface area (Å²) in [6.07, 6.45) is 0.467. The van der Waals surface area contributed by atoms with Crippen LogP contribution in [-0.4, -0.2) is 35.4 Å². The van der Waals surface area contributed by atoms with Crippen molar-refractivity contribution in [2.75, 3.05) is 6.61 Å². The maximum absolute atomic E-state index is 13.2. The lowest BCUT2D eigenvalue weighted by atomic mass is 10.1. The van der Waals surface area contributed by atoms with Crippen LogP contribution >= 0.6 is 23.2 Å². The lowest BCUT2D eigenvalue weighted by Gasteiger charge is -2.31. The van der Waals surface area contributed by atoms with Crippen LogP contribution in [0.1, 0.15) is 43.9 Å². The molecule has 7 heteroatoms. The molecule has 0 unspecified atom stereocenters. The Morgan fingerprint density at radius 1 is 1.06 bits per heavy atom. The molecule has 1 N–H and O–H groups in total. The number of amides is 2. The van der Waals surface area contributed by atoms with Gasteiger partial charge < -0.3 is 15.0 Å². The molecule has 31 heavy (non-hydrogen) atoms. The van der Waals surface area contributed by atoms with Crippen molar-refractivity contribution in [1.29, 1.82) is 0 Å². The van der Waals surface area contributed by atoms with Crippen LogP contribution in [0.5, 0.6) is 5.75 Å². The summed E-state index contributed by atoms with van der Waals surface area (Å²) in [6.45, 7) is 9.64. The van der Waals surface area contributed by atoms with E-state index in [0.717, 1.165) is 16.7 Å². The van der Waals surface area contributed by atoms with Gasteiger partial charge in [0.25, 0.3) is 5.91 Å². The predicted molar refractivity (Wildman–Crippen MR) is 126 cm³/mol. The molecule has 0 saturated heterocycles. The molecule has 2 aromatic rings. The van der Waals surface area contributed by atoms with E-state index in [4.69, 9.17) is 27.9 Å². The Hall–Kier alpha value is -2.24. The Kier molecular flexibility index (Phi) is 9.20. The Bertz CT molecular complexity index is 931. The molecule has 1 atom stereocenters. The number of benzene rings is 2. The van der Waals surface area contributed by atoms with Gasteiger partial charge >= 0.3 is 0 Å². The second-order valence-electron chi connectivity index (χ2n) is 7.92. The first-order chi connectivity index (χ1) is 14.6.